The van der Waals surface area contributed by atoms with E-state index in [4.69, 9.17) is 5.11 Å². The van der Waals surface area contributed by atoms with E-state index in [1.165, 1.54) is 16.3 Å². The van der Waals surface area contributed by atoms with E-state index in [2.05, 4.69) is 54.7 Å². The number of aliphatic carboxylic acids is 1. The molecule has 0 amide bonds. The van der Waals surface area contributed by atoms with Crippen molar-refractivity contribution in [1.29, 1.82) is 0 Å². The average molecular weight is 456 g/mol. The quantitative estimate of drug-likeness (QED) is 0.300. The molecule has 1 N–H and O–H groups in total. The predicted molar refractivity (Wildman–Crippen MR) is 116 cm³/mol. The summed E-state index contributed by atoms with van der Waals surface area (Å²) in [5, 5.41) is 12.1. The van der Waals surface area contributed by atoms with Crippen molar-refractivity contribution in [3.8, 4) is 0 Å². The number of fused-ring (bicyclic) bond motifs is 2. The fraction of sp³-hybridized carbons (Fsp3) is 0.190. The average Bonchev–Trinajstić information content (AvgIpc) is 3.05. The standard InChI is InChI=1S/C21H18BrN3O2S/c22-17-10-9-14(15-5-1-2-6-16(15)17)13-25-18-7-3-11-23-20(18)24-21(25)28-12-4-8-19(26)27/h1-3,5-7,9-11H,4,8,12-13H2,(H,26,27). The number of carboxylic acids is 1. The Morgan fingerprint density at radius 1 is 1.11 bits per heavy atom. The van der Waals surface area contributed by atoms with Gasteiger partial charge in [-0.25, -0.2) is 9.97 Å². The van der Waals surface area contributed by atoms with Gasteiger partial charge < -0.3 is 9.67 Å². The van der Waals surface area contributed by atoms with E-state index >= 15 is 0 Å². The molecule has 0 saturated heterocycles. The summed E-state index contributed by atoms with van der Waals surface area (Å²) in [5.41, 5.74) is 2.90. The van der Waals surface area contributed by atoms with E-state index in [1.54, 1.807) is 18.0 Å². The number of imidazole rings is 1. The highest BCUT2D eigenvalue weighted by molar-refractivity contribution is 9.10. The van der Waals surface area contributed by atoms with Gasteiger partial charge in [-0.15, -0.1) is 0 Å². The maximum atomic E-state index is 10.8. The van der Waals surface area contributed by atoms with Crippen LogP contribution < -0.4 is 0 Å². The van der Waals surface area contributed by atoms with Crippen molar-refractivity contribution in [2.45, 2.75) is 24.5 Å². The number of benzene rings is 2. The molecule has 4 aromatic rings. The molecule has 0 atom stereocenters. The van der Waals surface area contributed by atoms with Crippen molar-refractivity contribution in [2.75, 3.05) is 5.75 Å². The van der Waals surface area contributed by atoms with Crippen LogP contribution in [-0.4, -0.2) is 31.4 Å². The number of thioether (sulfide) groups is 1. The molecule has 4 rings (SSSR count). The molecular weight excluding hydrogens is 438 g/mol. The molecule has 0 saturated carbocycles. The van der Waals surface area contributed by atoms with Crippen molar-refractivity contribution in [2.24, 2.45) is 0 Å². The van der Waals surface area contributed by atoms with Crippen LogP contribution >= 0.6 is 27.7 Å². The molecule has 0 aliphatic carbocycles. The van der Waals surface area contributed by atoms with Crippen LogP contribution in [0.3, 0.4) is 0 Å². The van der Waals surface area contributed by atoms with E-state index in [9.17, 15) is 4.79 Å². The highest BCUT2D eigenvalue weighted by Crippen LogP contribution is 2.30. The summed E-state index contributed by atoms with van der Waals surface area (Å²) in [6.07, 6.45) is 2.52. The van der Waals surface area contributed by atoms with Crippen molar-refractivity contribution >= 4 is 55.6 Å². The molecule has 7 heteroatoms. The van der Waals surface area contributed by atoms with Crippen LogP contribution in [0.2, 0.25) is 0 Å². The Labute approximate surface area is 174 Å². The summed E-state index contributed by atoms with van der Waals surface area (Å²) in [5.74, 6) is -0.0615. The highest BCUT2D eigenvalue weighted by atomic mass is 79.9. The first-order valence-corrected chi connectivity index (χ1v) is 10.7. The molecule has 0 unspecified atom stereocenters. The van der Waals surface area contributed by atoms with Gasteiger partial charge in [-0.2, -0.15) is 0 Å². The number of halogens is 1. The zero-order chi connectivity index (χ0) is 19.5. The number of rotatable bonds is 7. The van der Waals surface area contributed by atoms with E-state index < -0.39 is 5.97 Å². The minimum Gasteiger partial charge on any atom is -0.481 e. The molecule has 2 heterocycles. The number of hydrogen-bond acceptors (Lipinski definition) is 4. The van der Waals surface area contributed by atoms with Gasteiger partial charge in [0.2, 0.25) is 0 Å². The van der Waals surface area contributed by atoms with Crippen molar-refractivity contribution in [3.05, 3.63) is 64.8 Å². The molecule has 0 bridgehead atoms. The molecule has 142 valence electrons. The Balaban J connectivity index is 1.71. The van der Waals surface area contributed by atoms with Gasteiger partial charge in [0.25, 0.3) is 0 Å². The van der Waals surface area contributed by atoms with Crippen LogP contribution in [0.15, 0.2) is 64.4 Å². The fourth-order valence-electron chi connectivity index (χ4n) is 3.22. The van der Waals surface area contributed by atoms with Crippen LogP contribution in [0.1, 0.15) is 18.4 Å². The number of pyridine rings is 1. The lowest BCUT2D eigenvalue weighted by molar-refractivity contribution is -0.137. The SMILES string of the molecule is O=C(O)CCCSc1nc2ncccc2n1Cc1ccc(Br)c2ccccc12. The monoisotopic (exact) mass is 455 g/mol. The van der Waals surface area contributed by atoms with Crippen LogP contribution in [0.5, 0.6) is 0 Å². The molecule has 2 aromatic heterocycles. The lowest BCUT2D eigenvalue weighted by atomic mass is 10.0. The van der Waals surface area contributed by atoms with E-state index in [0.29, 0.717) is 24.4 Å². The lowest BCUT2D eigenvalue weighted by Crippen LogP contribution is -2.03. The molecule has 0 aliphatic rings. The van der Waals surface area contributed by atoms with Crippen molar-refractivity contribution in [3.63, 3.8) is 0 Å². The van der Waals surface area contributed by atoms with Gasteiger partial charge in [0.1, 0.15) is 0 Å². The second-order valence-electron chi connectivity index (χ2n) is 6.42. The first kappa shape index (κ1) is 19.0. The molecule has 0 spiro atoms. The number of carbonyl (C=O) groups is 1. The summed E-state index contributed by atoms with van der Waals surface area (Å²) in [4.78, 5) is 19.8. The summed E-state index contributed by atoms with van der Waals surface area (Å²) in [6, 6.07) is 16.5. The zero-order valence-electron chi connectivity index (χ0n) is 15.0. The van der Waals surface area contributed by atoms with Crippen LogP contribution in [-0.2, 0) is 11.3 Å². The second-order valence-corrected chi connectivity index (χ2v) is 8.34. The van der Waals surface area contributed by atoms with Gasteiger partial charge in [0, 0.05) is 22.8 Å². The molecular formula is C21H18BrN3O2S. The van der Waals surface area contributed by atoms with Gasteiger partial charge in [-0.3, -0.25) is 4.79 Å². The molecule has 0 aliphatic heterocycles. The maximum absolute atomic E-state index is 10.8. The zero-order valence-corrected chi connectivity index (χ0v) is 17.4. The second kappa shape index (κ2) is 8.32. The summed E-state index contributed by atoms with van der Waals surface area (Å²) >= 11 is 5.22. The first-order valence-electron chi connectivity index (χ1n) is 8.95. The van der Waals surface area contributed by atoms with Crippen molar-refractivity contribution in [1.82, 2.24) is 14.5 Å². The largest absolute Gasteiger partial charge is 0.481 e. The van der Waals surface area contributed by atoms with Gasteiger partial charge in [0.05, 0.1) is 12.1 Å². The molecule has 0 radical (unpaired) electrons. The third-order valence-corrected chi connectivity index (χ3v) is 6.30. The predicted octanol–water partition coefficient (Wildman–Crippen LogP) is 5.35. The van der Waals surface area contributed by atoms with Gasteiger partial charge in [-0.05, 0) is 41.0 Å². The summed E-state index contributed by atoms with van der Waals surface area (Å²) in [7, 11) is 0. The fourth-order valence-corrected chi connectivity index (χ4v) is 4.64. The summed E-state index contributed by atoms with van der Waals surface area (Å²) in [6.45, 7) is 0.678. The Bertz CT molecular complexity index is 1160. The van der Waals surface area contributed by atoms with Crippen molar-refractivity contribution < 1.29 is 9.90 Å². The Kier molecular flexibility index (Phi) is 5.64. The van der Waals surface area contributed by atoms with Crippen LogP contribution in [0, 0.1) is 0 Å². The van der Waals surface area contributed by atoms with Crippen LogP contribution in [0.4, 0.5) is 0 Å². The smallest absolute Gasteiger partial charge is 0.303 e. The van der Waals surface area contributed by atoms with E-state index in [1.807, 2.05) is 24.3 Å². The highest BCUT2D eigenvalue weighted by Gasteiger charge is 2.14. The number of hydrogen-bond donors (Lipinski definition) is 1. The van der Waals surface area contributed by atoms with Crippen LogP contribution in [0.25, 0.3) is 21.9 Å². The minimum atomic E-state index is -0.767. The number of carboxylic acid groups (broad SMARTS) is 1. The van der Waals surface area contributed by atoms with E-state index in [0.717, 1.165) is 15.1 Å². The Hall–Kier alpha value is -2.38. The Morgan fingerprint density at radius 3 is 2.75 bits per heavy atom. The topological polar surface area (TPSA) is 68.0 Å². The normalized spacial score (nSPS) is 11.3. The molecule has 0 fully saturated rings. The van der Waals surface area contributed by atoms with Gasteiger partial charge >= 0.3 is 5.97 Å². The molecule has 5 nitrogen and oxygen atoms in total. The van der Waals surface area contributed by atoms with Gasteiger partial charge in [-0.1, -0.05) is 58.0 Å². The minimum absolute atomic E-state index is 0.169. The van der Waals surface area contributed by atoms with Gasteiger partial charge in [0.15, 0.2) is 10.8 Å². The maximum Gasteiger partial charge on any atom is 0.303 e. The van der Waals surface area contributed by atoms with E-state index in [-0.39, 0.29) is 6.42 Å². The molecule has 2 aromatic carbocycles. The number of aromatic nitrogens is 3. The Morgan fingerprint density at radius 2 is 1.93 bits per heavy atom. The third-order valence-electron chi connectivity index (χ3n) is 4.55. The summed E-state index contributed by atoms with van der Waals surface area (Å²) < 4.78 is 3.25. The number of nitrogens with zero attached hydrogens (tertiary/aromatic N) is 3. The first-order chi connectivity index (χ1) is 13.6. The lowest BCUT2D eigenvalue weighted by Gasteiger charge is -2.12. The molecule has 28 heavy (non-hydrogen) atoms. The third kappa shape index (κ3) is 3.91.